The van der Waals surface area contributed by atoms with Gasteiger partial charge < -0.3 is 11.1 Å². The van der Waals surface area contributed by atoms with Crippen LogP contribution in [0.2, 0.25) is 0 Å². The highest BCUT2D eigenvalue weighted by Crippen LogP contribution is 2.22. The van der Waals surface area contributed by atoms with Crippen molar-refractivity contribution in [2.24, 2.45) is 18.2 Å². The Kier molecular flexibility index (Phi) is 3.62. The standard InChI is InChI=1S/C12H22N4O/c1-7-9(8(2)16(6)15-7)14-11(17)10(13)12(3,4)5/h10H,13H2,1-6H3,(H,14,17)/t10-/m1/s1. The van der Waals surface area contributed by atoms with E-state index in [1.54, 1.807) is 4.68 Å². The molecule has 1 aromatic rings. The molecule has 1 aromatic heterocycles. The summed E-state index contributed by atoms with van der Waals surface area (Å²) in [5.41, 5.74) is 8.15. The number of amides is 1. The Morgan fingerprint density at radius 3 is 2.29 bits per heavy atom. The fraction of sp³-hybridized carbons (Fsp3) is 0.667. The van der Waals surface area contributed by atoms with Crippen molar-refractivity contribution in [1.29, 1.82) is 0 Å². The van der Waals surface area contributed by atoms with Crippen molar-refractivity contribution < 1.29 is 4.79 Å². The van der Waals surface area contributed by atoms with Crippen molar-refractivity contribution in [3.63, 3.8) is 0 Å². The second kappa shape index (κ2) is 4.49. The molecule has 0 saturated heterocycles. The lowest BCUT2D eigenvalue weighted by Crippen LogP contribution is -2.45. The lowest BCUT2D eigenvalue weighted by Gasteiger charge is -2.25. The number of anilines is 1. The van der Waals surface area contributed by atoms with E-state index >= 15 is 0 Å². The van der Waals surface area contributed by atoms with Crippen LogP contribution in [0.5, 0.6) is 0 Å². The molecule has 5 heteroatoms. The first kappa shape index (κ1) is 13.7. The molecule has 0 aromatic carbocycles. The summed E-state index contributed by atoms with van der Waals surface area (Å²) in [6.07, 6.45) is 0. The van der Waals surface area contributed by atoms with Crippen molar-refractivity contribution in [2.45, 2.75) is 40.7 Å². The van der Waals surface area contributed by atoms with Gasteiger partial charge in [-0.3, -0.25) is 9.48 Å². The first-order valence-electron chi connectivity index (χ1n) is 5.71. The van der Waals surface area contributed by atoms with Gasteiger partial charge in [-0.25, -0.2) is 0 Å². The zero-order valence-corrected chi connectivity index (χ0v) is 11.5. The van der Waals surface area contributed by atoms with Gasteiger partial charge in [-0.15, -0.1) is 0 Å². The Morgan fingerprint density at radius 2 is 1.94 bits per heavy atom. The van der Waals surface area contributed by atoms with Crippen LogP contribution in [0.15, 0.2) is 0 Å². The van der Waals surface area contributed by atoms with Crippen LogP contribution in [0.1, 0.15) is 32.2 Å². The minimum Gasteiger partial charge on any atom is -0.322 e. The fourth-order valence-electron chi connectivity index (χ4n) is 1.55. The van der Waals surface area contributed by atoms with Crippen LogP contribution in [0.3, 0.4) is 0 Å². The first-order valence-corrected chi connectivity index (χ1v) is 5.71. The minimum atomic E-state index is -0.540. The highest BCUT2D eigenvalue weighted by molar-refractivity contribution is 5.96. The lowest BCUT2D eigenvalue weighted by atomic mass is 9.87. The largest absolute Gasteiger partial charge is 0.322 e. The van der Waals surface area contributed by atoms with Crippen LogP contribution in [0.25, 0.3) is 0 Å². The average molecular weight is 238 g/mol. The van der Waals surface area contributed by atoms with Crippen LogP contribution in [0, 0.1) is 19.3 Å². The number of hydrogen-bond donors (Lipinski definition) is 2. The van der Waals surface area contributed by atoms with E-state index < -0.39 is 6.04 Å². The lowest BCUT2D eigenvalue weighted by molar-refractivity contribution is -0.119. The summed E-state index contributed by atoms with van der Waals surface area (Å²) in [6.45, 7) is 9.62. The quantitative estimate of drug-likeness (QED) is 0.816. The van der Waals surface area contributed by atoms with Crippen molar-refractivity contribution in [2.75, 3.05) is 5.32 Å². The molecule has 0 unspecified atom stereocenters. The molecule has 1 amide bonds. The molecule has 0 bridgehead atoms. The number of nitrogens with two attached hydrogens (primary N) is 1. The molecule has 5 nitrogen and oxygen atoms in total. The van der Waals surface area contributed by atoms with Crippen molar-refractivity contribution in [1.82, 2.24) is 9.78 Å². The zero-order chi connectivity index (χ0) is 13.4. The molecule has 17 heavy (non-hydrogen) atoms. The van der Waals surface area contributed by atoms with Gasteiger partial charge in [-0.05, 0) is 19.3 Å². The molecule has 3 N–H and O–H groups in total. The van der Waals surface area contributed by atoms with E-state index in [2.05, 4.69) is 10.4 Å². The smallest absolute Gasteiger partial charge is 0.241 e. The van der Waals surface area contributed by atoms with Crippen LogP contribution in [-0.4, -0.2) is 21.7 Å². The van der Waals surface area contributed by atoms with Gasteiger partial charge >= 0.3 is 0 Å². The van der Waals surface area contributed by atoms with E-state index in [1.165, 1.54) is 0 Å². The van der Waals surface area contributed by atoms with Gasteiger partial charge in [0, 0.05) is 7.05 Å². The number of nitrogens with one attached hydrogen (secondary N) is 1. The SMILES string of the molecule is Cc1nn(C)c(C)c1NC(=O)[C@@H](N)C(C)(C)C. The maximum Gasteiger partial charge on any atom is 0.241 e. The van der Waals surface area contributed by atoms with Gasteiger partial charge in [0.2, 0.25) is 5.91 Å². The molecule has 0 fully saturated rings. The Morgan fingerprint density at radius 1 is 1.41 bits per heavy atom. The molecule has 0 aliphatic carbocycles. The first-order chi connectivity index (χ1) is 7.64. The maximum atomic E-state index is 12.0. The Labute approximate surface area is 102 Å². The summed E-state index contributed by atoms with van der Waals surface area (Å²) < 4.78 is 1.74. The monoisotopic (exact) mass is 238 g/mol. The van der Waals surface area contributed by atoms with E-state index in [1.807, 2.05) is 41.7 Å². The third kappa shape index (κ3) is 2.85. The molecule has 1 rings (SSSR count). The fourth-order valence-corrected chi connectivity index (χ4v) is 1.55. The molecule has 0 aliphatic heterocycles. The zero-order valence-electron chi connectivity index (χ0n) is 11.5. The summed E-state index contributed by atoms with van der Waals surface area (Å²) in [4.78, 5) is 12.0. The molecular formula is C12H22N4O. The molecule has 1 atom stereocenters. The molecule has 0 radical (unpaired) electrons. The third-order valence-electron chi connectivity index (χ3n) is 2.97. The van der Waals surface area contributed by atoms with Crippen molar-refractivity contribution >= 4 is 11.6 Å². The number of hydrogen-bond acceptors (Lipinski definition) is 3. The van der Waals surface area contributed by atoms with Gasteiger partial charge in [0.15, 0.2) is 0 Å². The highest BCUT2D eigenvalue weighted by Gasteiger charge is 2.28. The predicted molar refractivity (Wildman–Crippen MR) is 68.7 cm³/mol. The van der Waals surface area contributed by atoms with Crippen molar-refractivity contribution in [3.8, 4) is 0 Å². The summed E-state index contributed by atoms with van der Waals surface area (Å²) in [5, 5.41) is 7.10. The summed E-state index contributed by atoms with van der Waals surface area (Å²) >= 11 is 0. The number of carbonyl (C=O) groups excluding carboxylic acids is 1. The topological polar surface area (TPSA) is 72.9 Å². The van der Waals surface area contributed by atoms with Gasteiger partial charge in [0.05, 0.1) is 23.1 Å². The predicted octanol–water partition coefficient (Wildman–Crippen LogP) is 1.35. The molecular weight excluding hydrogens is 216 g/mol. The molecule has 0 saturated carbocycles. The second-order valence-corrected chi connectivity index (χ2v) is 5.50. The summed E-state index contributed by atoms with van der Waals surface area (Å²) in [6, 6.07) is -0.540. The minimum absolute atomic E-state index is 0.170. The van der Waals surface area contributed by atoms with E-state index in [4.69, 9.17) is 5.73 Å². The average Bonchev–Trinajstić information content (AvgIpc) is 2.42. The van der Waals surface area contributed by atoms with Gasteiger partial charge in [0.25, 0.3) is 0 Å². The van der Waals surface area contributed by atoms with Gasteiger partial charge in [0.1, 0.15) is 0 Å². The molecule has 96 valence electrons. The second-order valence-electron chi connectivity index (χ2n) is 5.50. The van der Waals surface area contributed by atoms with E-state index in [0.717, 1.165) is 17.1 Å². The van der Waals surface area contributed by atoms with E-state index in [0.29, 0.717) is 0 Å². The maximum absolute atomic E-state index is 12.0. The molecule has 0 spiro atoms. The van der Waals surface area contributed by atoms with Crippen LogP contribution in [-0.2, 0) is 11.8 Å². The molecule has 1 heterocycles. The number of aryl methyl sites for hydroxylation is 2. The number of rotatable bonds is 2. The summed E-state index contributed by atoms with van der Waals surface area (Å²) in [7, 11) is 1.85. The van der Waals surface area contributed by atoms with E-state index in [-0.39, 0.29) is 11.3 Å². The van der Waals surface area contributed by atoms with Gasteiger partial charge in [-0.2, -0.15) is 5.10 Å². The Hall–Kier alpha value is -1.36. The number of carbonyl (C=O) groups is 1. The third-order valence-corrected chi connectivity index (χ3v) is 2.97. The Balaban J connectivity index is 2.89. The van der Waals surface area contributed by atoms with Crippen molar-refractivity contribution in [3.05, 3.63) is 11.4 Å². The van der Waals surface area contributed by atoms with Crippen LogP contribution in [0.4, 0.5) is 5.69 Å². The highest BCUT2D eigenvalue weighted by atomic mass is 16.2. The van der Waals surface area contributed by atoms with Gasteiger partial charge in [-0.1, -0.05) is 20.8 Å². The summed E-state index contributed by atoms with van der Waals surface area (Å²) in [5.74, 6) is -0.170. The molecule has 0 aliphatic rings. The number of aromatic nitrogens is 2. The number of nitrogens with zero attached hydrogens (tertiary/aromatic N) is 2. The van der Waals surface area contributed by atoms with E-state index in [9.17, 15) is 4.79 Å². The normalized spacial score (nSPS) is 13.6. The van der Waals surface area contributed by atoms with Crippen LogP contribution >= 0.6 is 0 Å². The van der Waals surface area contributed by atoms with Crippen LogP contribution < -0.4 is 11.1 Å². The Bertz CT molecular complexity index is 428.